The molecule has 0 amide bonds. The Morgan fingerprint density at radius 2 is 1.16 bits per heavy atom. The Hall–Kier alpha value is -0.404. The molecular weight excluding hydrogens is 511 g/mol. The molecule has 0 aliphatic rings. The normalized spacial score (nSPS) is 13.2. The van der Waals surface area contributed by atoms with Crippen molar-refractivity contribution in [3.05, 3.63) is 17.7 Å². The van der Waals surface area contributed by atoms with Crippen LogP contribution in [0.5, 0.6) is 17.2 Å². The number of benzene rings is 1. The van der Waals surface area contributed by atoms with Gasteiger partial charge in [-0.1, -0.05) is 0 Å². The Morgan fingerprint density at radius 1 is 0.742 bits per heavy atom. The van der Waals surface area contributed by atoms with Crippen molar-refractivity contribution >= 4 is 26.7 Å². The molecule has 0 spiro atoms. The van der Waals surface area contributed by atoms with Gasteiger partial charge in [0.1, 0.15) is 0 Å². The van der Waals surface area contributed by atoms with E-state index >= 15 is 0 Å². The summed E-state index contributed by atoms with van der Waals surface area (Å²) in [5.74, 6) is 2.14. The Morgan fingerprint density at radius 3 is 1.45 bits per heavy atom. The van der Waals surface area contributed by atoms with Gasteiger partial charge in [0.2, 0.25) is 0 Å². The van der Waals surface area contributed by atoms with Gasteiger partial charge in [0.15, 0.2) is 0 Å². The number of methoxy groups -OCH3 is 3. The summed E-state index contributed by atoms with van der Waals surface area (Å²) in [6.45, 7) is 14.0. The van der Waals surface area contributed by atoms with E-state index in [4.69, 9.17) is 18.6 Å². The Balaban J connectivity index is 3.71. The van der Waals surface area contributed by atoms with E-state index in [9.17, 15) is 0 Å². The second kappa shape index (κ2) is 14.0. The Kier molecular flexibility index (Phi) is 12.9. The fourth-order valence-electron chi connectivity index (χ4n) is 4.51. The molecule has 0 saturated carbocycles. The summed E-state index contributed by atoms with van der Waals surface area (Å²) < 4.78 is 28.6. The molecule has 4 nitrogen and oxygen atoms in total. The van der Waals surface area contributed by atoms with Crippen molar-refractivity contribution in [1.82, 2.24) is 0 Å². The third-order valence-corrected chi connectivity index (χ3v) is 23.7. The molecule has 6 heteroatoms. The van der Waals surface area contributed by atoms with E-state index < -0.39 is 26.7 Å². The van der Waals surface area contributed by atoms with E-state index in [2.05, 4.69) is 52.5 Å². The van der Waals surface area contributed by atoms with Gasteiger partial charge in [-0.05, 0) is 0 Å². The van der Waals surface area contributed by atoms with Crippen molar-refractivity contribution in [3.8, 4) is 17.2 Å². The number of rotatable bonds is 16. The van der Waals surface area contributed by atoms with Gasteiger partial charge in [0.05, 0.1) is 0 Å². The van der Waals surface area contributed by atoms with Crippen molar-refractivity contribution in [2.24, 2.45) is 0 Å². The molecule has 0 aliphatic carbocycles. The molecule has 31 heavy (non-hydrogen) atoms. The number of ether oxygens (including phenoxy) is 3. The summed E-state index contributed by atoms with van der Waals surface area (Å²) in [7, 11) is 3.31. The average molecular weight is 559 g/mol. The van der Waals surface area contributed by atoms with E-state index in [0.717, 1.165) is 11.5 Å². The zero-order valence-electron chi connectivity index (χ0n) is 21.7. The summed E-state index contributed by atoms with van der Waals surface area (Å²) in [5.41, 5.74) is 1.25. The first-order valence-corrected chi connectivity index (χ1v) is 23.3. The number of hydrogen-bond acceptors (Lipinski definition) is 4. The van der Waals surface area contributed by atoms with Crippen LogP contribution in [-0.4, -0.2) is 48.0 Å². The molecule has 0 radical (unpaired) electrons. The van der Waals surface area contributed by atoms with Crippen LogP contribution in [-0.2, 0) is 4.43 Å². The summed E-state index contributed by atoms with van der Waals surface area (Å²) in [6, 6.07) is 4.34. The zero-order chi connectivity index (χ0) is 23.5. The quantitative estimate of drug-likeness (QED) is 0.193. The second-order valence-electron chi connectivity index (χ2n) is 9.74. The minimum atomic E-state index is -2.75. The molecule has 1 aromatic rings. The first-order valence-electron chi connectivity index (χ1n) is 12.2. The summed E-state index contributed by atoms with van der Waals surface area (Å²) in [6.07, 6.45) is 7.72. The van der Waals surface area contributed by atoms with Crippen LogP contribution >= 0.6 is 0 Å². The third-order valence-electron chi connectivity index (χ3n) is 6.10. The molecule has 0 fully saturated rings. The topological polar surface area (TPSA) is 36.9 Å². The molecule has 1 unspecified atom stereocenters. The standard InChI is InChI=1S/C13H21O4Si.3C4H9.Sn/c1-14-11-7-10(9-17-18(4,5)6)8-12(15-2)13(11)16-3;3*1-3-4-2;/h7-9H,1-6H3;3*1,3-4H2,2H3;. The average Bonchev–Trinajstić information content (AvgIpc) is 2.75. The SMILES string of the molecule is CCC[CH2][Sn]([CH2]CCC)([CH2]CCC)[CH](O[Si](C)(C)C)c1cc(OC)c(OC)c(OC)c1. The van der Waals surface area contributed by atoms with Crippen molar-refractivity contribution in [3.63, 3.8) is 0 Å². The summed E-state index contributed by atoms with van der Waals surface area (Å²) in [5, 5.41) is 0. The van der Waals surface area contributed by atoms with Gasteiger partial charge < -0.3 is 0 Å². The van der Waals surface area contributed by atoms with Crippen molar-refractivity contribution < 1.29 is 18.6 Å². The number of hydrogen-bond donors (Lipinski definition) is 0. The van der Waals surface area contributed by atoms with E-state index in [0.29, 0.717) is 5.75 Å². The van der Waals surface area contributed by atoms with Gasteiger partial charge in [-0.25, -0.2) is 0 Å². The molecule has 0 N–H and O–H groups in total. The molecule has 1 atom stereocenters. The molecule has 1 rings (SSSR count). The van der Waals surface area contributed by atoms with Gasteiger partial charge in [0.25, 0.3) is 0 Å². The Labute approximate surface area is 197 Å². The minimum absolute atomic E-state index is 0.235. The van der Waals surface area contributed by atoms with Gasteiger partial charge in [-0.3, -0.25) is 0 Å². The maximum absolute atomic E-state index is 7.13. The molecule has 0 saturated heterocycles. The van der Waals surface area contributed by atoms with Crippen LogP contribution in [0, 0.1) is 0 Å². The summed E-state index contributed by atoms with van der Waals surface area (Å²) in [4.78, 5) is 0. The predicted octanol–water partition coefficient (Wildman–Crippen LogP) is 7.99. The van der Waals surface area contributed by atoms with Gasteiger partial charge in [-0.2, -0.15) is 0 Å². The van der Waals surface area contributed by atoms with Crippen LogP contribution < -0.4 is 14.2 Å². The molecular formula is C25H48O4SiSn. The molecule has 0 aliphatic heterocycles. The van der Waals surface area contributed by atoms with Crippen molar-refractivity contribution in [1.29, 1.82) is 0 Å². The Bertz CT molecular complexity index is 598. The molecule has 0 bridgehead atoms. The van der Waals surface area contributed by atoms with Crippen LogP contribution in [0.2, 0.25) is 33.0 Å². The van der Waals surface area contributed by atoms with E-state index in [1.165, 1.54) is 57.4 Å². The molecule has 0 aromatic heterocycles. The van der Waals surface area contributed by atoms with Crippen LogP contribution in [0.4, 0.5) is 0 Å². The molecule has 180 valence electrons. The van der Waals surface area contributed by atoms with Crippen molar-refractivity contribution in [2.45, 2.75) is 96.4 Å². The van der Waals surface area contributed by atoms with Gasteiger partial charge in [0, 0.05) is 0 Å². The zero-order valence-corrected chi connectivity index (χ0v) is 25.6. The first kappa shape index (κ1) is 28.6. The summed E-state index contributed by atoms with van der Waals surface area (Å²) >= 11 is -2.75. The van der Waals surface area contributed by atoms with E-state index in [-0.39, 0.29) is 4.12 Å². The van der Waals surface area contributed by atoms with Crippen LogP contribution in [0.3, 0.4) is 0 Å². The fraction of sp³-hybridized carbons (Fsp3) is 0.760. The monoisotopic (exact) mass is 560 g/mol. The van der Waals surface area contributed by atoms with Crippen LogP contribution in [0.15, 0.2) is 12.1 Å². The van der Waals surface area contributed by atoms with E-state index in [1.807, 2.05) is 0 Å². The molecule has 1 aromatic carbocycles. The molecule has 0 heterocycles. The fourth-order valence-corrected chi connectivity index (χ4v) is 26.7. The van der Waals surface area contributed by atoms with Crippen LogP contribution in [0.1, 0.15) is 69.0 Å². The second-order valence-corrected chi connectivity index (χ2v) is 27.8. The first-order chi connectivity index (χ1) is 14.7. The van der Waals surface area contributed by atoms with E-state index in [1.54, 1.807) is 21.3 Å². The van der Waals surface area contributed by atoms with Crippen LogP contribution in [0.25, 0.3) is 0 Å². The predicted molar refractivity (Wildman–Crippen MR) is 138 cm³/mol. The van der Waals surface area contributed by atoms with Gasteiger partial charge in [-0.15, -0.1) is 0 Å². The third kappa shape index (κ3) is 8.47. The number of unbranched alkanes of at least 4 members (excludes halogenated alkanes) is 3. The maximum atomic E-state index is 7.13. The van der Waals surface area contributed by atoms with Gasteiger partial charge >= 0.3 is 198 Å². The van der Waals surface area contributed by atoms with Crippen molar-refractivity contribution in [2.75, 3.05) is 21.3 Å².